The number of rotatable bonds is 5. The van der Waals surface area contributed by atoms with Crippen LogP contribution in [0.1, 0.15) is 38.8 Å². The lowest BCUT2D eigenvalue weighted by atomic mass is 9.98. The molecule has 25 heavy (non-hydrogen) atoms. The largest absolute Gasteiger partial charge is 0.328 e. The predicted molar refractivity (Wildman–Crippen MR) is 119 cm³/mol. The van der Waals surface area contributed by atoms with E-state index in [0.29, 0.717) is 11.1 Å². The van der Waals surface area contributed by atoms with E-state index in [2.05, 4.69) is 105 Å². The third kappa shape index (κ3) is 4.54. The Morgan fingerprint density at radius 3 is 2.16 bits per heavy atom. The smallest absolute Gasteiger partial charge is 0.117 e. The lowest BCUT2D eigenvalue weighted by molar-refractivity contribution is 0.713. The second-order valence-electron chi connectivity index (χ2n) is 9.84. The lowest BCUT2D eigenvalue weighted by Gasteiger charge is -2.40. The molecule has 0 amide bonds. The van der Waals surface area contributed by atoms with E-state index < -0.39 is 16.3 Å². The summed E-state index contributed by atoms with van der Waals surface area (Å²) in [5.41, 5.74) is 2.97. The van der Waals surface area contributed by atoms with E-state index >= 15 is 0 Å². The number of hydrogen-bond donors (Lipinski definition) is 1. The van der Waals surface area contributed by atoms with Crippen molar-refractivity contribution in [2.75, 3.05) is 0 Å². The minimum absolute atomic E-state index is 0.305. The molecule has 1 nitrogen and oxygen atoms in total. The molecule has 1 aliphatic carbocycles. The van der Waals surface area contributed by atoms with Gasteiger partial charge in [-0.1, -0.05) is 100 Å². The summed E-state index contributed by atoms with van der Waals surface area (Å²) in [6.07, 6.45) is 5.88. The molecular formula is C21H34NSi3. The van der Waals surface area contributed by atoms with Gasteiger partial charge in [0.15, 0.2) is 0 Å². The van der Waals surface area contributed by atoms with Gasteiger partial charge in [0.2, 0.25) is 0 Å². The van der Waals surface area contributed by atoms with Gasteiger partial charge in [0, 0.05) is 6.04 Å². The molecule has 0 fully saturated rings. The molecule has 1 atom stereocenters. The average Bonchev–Trinajstić information content (AvgIpc) is 2.93. The van der Waals surface area contributed by atoms with Gasteiger partial charge in [-0.05, 0) is 22.6 Å². The highest BCUT2D eigenvalue weighted by molar-refractivity contribution is 6.87. The molecule has 1 aliphatic rings. The summed E-state index contributed by atoms with van der Waals surface area (Å²) in [6, 6.07) is 9.01. The molecule has 0 spiro atoms. The normalized spacial score (nSPS) is 17.3. The molecular weight excluding hydrogens is 350 g/mol. The monoisotopic (exact) mass is 384 g/mol. The van der Waals surface area contributed by atoms with E-state index in [4.69, 9.17) is 0 Å². The van der Waals surface area contributed by atoms with Crippen LogP contribution in [0.4, 0.5) is 0 Å². The van der Waals surface area contributed by atoms with Crippen LogP contribution in [-0.4, -0.2) is 26.6 Å². The minimum atomic E-state index is -1.57. The summed E-state index contributed by atoms with van der Waals surface area (Å²) >= 11 is 0. The van der Waals surface area contributed by atoms with Crippen LogP contribution >= 0.6 is 0 Å². The van der Waals surface area contributed by atoms with Crippen LogP contribution in [0.15, 0.2) is 47.2 Å². The van der Waals surface area contributed by atoms with Gasteiger partial charge in [0.05, 0.1) is 18.3 Å². The van der Waals surface area contributed by atoms with Crippen molar-refractivity contribution in [3.8, 4) is 0 Å². The Hall–Kier alpha value is -0.689. The first-order chi connectivity index (χ1) is 11.3. The molecule has 0 heterocycles. The lowest BCUT2D eigenvalue weighted by Crippen LogP contribution is -2.47. The van der Waals surface area contributed by atoms with Gasteiger partial charge >= 0.3 is 0 Å². The van der Waals surface area contributed by atoms with Crippen LogP contribution in [0.2, 0.25) is 37.8 Å². The molecule has 2 rings (SSSR count). The van der Waals surface area contributed by atoms with Gasteiger partial charge in [0.25, 0.3) is 0 Å². The standard InChI is InChI=1S/C21H34NSi3/c1-21(2,3)25(7,8)19-15-11-13-17(19)20(22-24(4,5)6)16-12-9-10-14-18(16)23/h9-12,14-15,20,22H,13H2,1-8H3. The first kappa shape index (κ1) is 20.6. The molecule has 135 valence electrons. The van der Waals surface area contributed by atoms with E-state index in [1.165, 1.54) is 10.8 Å². The van der Waals surface area contributed by atoms with Gasteiger partial charge in [-0.2, -0.15) is 0 Å². The van der Waals surface area contributed by atoms with E-state index in [0.717, 1.165) is 6.42 Å². The number of benzene rings is 1. The maximum Gasteiger partial charge on any atom is 0.117 e. The summed E-state index contributed by atoms with van der Waals surface area (Å²) in [7, 11) is 0.846. The Kier molecular flexibility index (Phi) is 5.89. The van der Waals surface area contributed by atoms with E-state index in [1.54, 1.807) is 10.8 Å². The topological polar surface area (TPSA) is 12.0 Å². The molecule has 0 saturated carbocycles. The minimum Gasteiger partial charge on any atom is -0.328 e. The van der Waals surface area contributed by atoms with Crippen LogP contribution in [0.3, 0.4) is 0 Å². The van der Waals surface area contributed by atoms with Crippen molar-refractivity contribution in [1.29, 1.82) is 0 Å². The fourth-order valence-electron chi connectivity index (χ4n) is 3.34. The molecule has 3 radical (unpaired) electrons. The summed E-state index contributed by atoms with van der Waals surface area (Å²) in [5, 5.41) is 3.19. The molecule has 0 saturated heterocycles. The zero-order valence-electron chi connectivity index (χ0n) is 17.2. The third-order valence-corrected chi connectivity index (χ3v) is 12.9. The Morgan fingerprint density at radius 2 is 1.64 bits per heavy atom. The maximum absolute atomic E-state index is 4.04. The van der Waals surface area contributed by atoms with Gasteiger partial charge in [-0.3, -0.25) is 0 Å². The SMILES string of the molecule is CC(C)(C)[Si](C)(C)C1=C(C(N[Si](C)(C)C)c2ccccc2[Si])CC=C1. The predicted octanol–water partition coefficient (Wildman–Crippen LogP) is 5.25. The zero-order valence-corrected chi connectivity index (χ0v) is 20.2. The van der Waals surface area contributed by atoms with Gasteiger partial charge < -0.3 is 4.98 Å². The highest BCUT2D eigenvalue weighted by atomic mass is 28.3. The first-order valence-corrected chi connectivity index (χ1v) is 16.3. The number of nitrogens with one attached hydrogen (secondary N) is 1. The van der Waals surface area contributed by atoms with E-state index in [-0.39, 0.29) is 0 Å². The van der Waals surface area contributed by atoms with Crippen molar-refractivity contribution in [2.45, 2.75) is 71.0 Å². The summed E-state index contributed by atoms with van der Waals surface area (Å²) in [4.78, 5) is 4.04. The zero-order chi connectivity index (χ0) is 19.0. The molecule has 1 aromatic rings. The molecule has 0 aliphatic heterocycles. The Balaban J connectivity index is 2.61. The summed E-state index contributed by atoms with van der Waals surface area (Å²) in [6.45, 7) is 19.5. The average molecular weight is 385 g/mol. The fraction of sp³-hybridized carbons (Fsp3) is 0.524. The fourth-order valence-corrected chi connectivity index (χ4v) is 7.25. The molecule has 4 heteroatoms. The van der Waals surface area contributed by atoms with Gasteiger partial charge in [-0.15, -0.1) is 0 Å². The van der Waals surface area contributed by atoms with Crippen molar-refractivity contribution in [2.24, 2.45) is 0 Å². The Morgan fingerprint density at radius 1 is 1.04 bits per heavy atom. The van der Waals surface area contributed by atoms with Crippen LogP contribution < -0.4 is 10.2 Å². The maximum atomic E-state index is 4.04. The second-order valence-corrected chi connectivity index (χ2v) is 20.5. The molecule has 0 bridgehead atoms. The summed E-state index contributed by atoms with van der Waals surface area (Å²) < 4.78 is 0. The highest BCUT2D eigenvalue weighted by Gasteiger charge is 2.41. The number of allylic oxidation sites excluding steroid dienone is 3. The first-order valence-electron chi connectivity index (χ1n) is 9.33. The second kappa shape index (κ2) is 7.14. The van der Waals surface area contributed by atoms with Crippen LogP contribution in [0.5, 0.6) is 0 Å². The highest BCUT2D eigenvalue weighted by Crippen LogP contribution is 2.46. The molecule has 1 unspecified atom stereocenters. The van der Waals surface area contributed by atoms with Gasteiger partial charge in [0.1, 0.15) is 8.24 Å². The molecule has 1 N–H and O–H groups in total. The summed E-state index contributed by atoms with van der Waals surface area (Å²) in [5.74, 6) is 0. The van der Waals surface area contributed by atoms with Crippen LogP contribution in [-0.2, 0) is 0 Å². The Bertz CT molecular complexity index is 688. The molecule has 1 aromatic carbocycles. The third-order valence-electron chi connectivity index (χ3n) is 5.71. The van der Waals surface area contributed by atoms with Crippen molar-refractivity contribution in [3.05, 3.63) is 52.8 Å². The van der Waals surface area contributed by atoms with E-state index in [1.807, 2.05) is 0 Å². The van der Waals surface area contributed by atoms with Crippen LogP contribution in [0.25, 0.3) is 0 Å². The van der Waals surface area contributed by atoms with E-state index in [9.17, 15) is 0 Å². The van der Waals surface area contributed by atoms with Crippen molar-refractivity contribution in [1.82, 2.24) is 4.98 Å². The quantitative estimate of drug-likeness (QED) is 0.684. The number of hydrogen-bond acceptors (Lipinski definition) is 1. The van der Waals surface area contributed by atoms with Crippen molar-refractivity contribution >= 4 is 31.7 Å². The molecule has 0 aromatic heterocycles. The Labute approximate surface area is 160 Å². The van der Waals surface area contributed by atoms with Crippen LogP contribution in [0, 0.1) is 0 Å². The van der Waals surface area contributed by atoms with Gasteiger partial charge in [-0.25, -0.2) is 0 Å². The van der Waals surface area contributed by atoms with Crippen molar-refractivity contribution < 1.29 is 0 Å². The van der Waals surface area contributed by atoms with Crippen molar-refractivity contribution in [3.63, 3.8) is 0 Å².